The van der Waals surface area contributed by atoms with E-state index in [0.717, 1.165) is 12.1 Å². The number of hydrogen-bond acceptors (Lipinski definition) is 5. The minimum atomic E-state index is -1.06. The van der Waals surface area contributed by atoms with Gasteiger partial charge in [0.15, 0.2) is 0 Å². The number of benzene rings is 2. The lowest BCUT2D eigenvalue weighted by atomic mass is 9.72. The average molecular weight is 481 g/mol. The molecule has 0 bridgehead atoms. The number of carbonyl (C=O) groups excluding carboxylic acids is 2. The Morgan fingerprint density at radius 3 is 2.46 bits per heavy atom. The molecule has 7 nitrogen and oxygen atoms in total. The van der Waals surface area contributed by atoms with E-state index in [4.69, 9.17) is 4.74 Å². The molecule has 0 aliphatic carbocycles. The summed E-state index contributed by atoms with van der Waals surface area (Å²) in [5.41, 5.74) is 0.0535. The Morgan fingerprint density at radius 1 is 1.11 bits per heavy atom. The summed E-state index contributed by atoms with van der Waals surface area (Å²) in [7, 11) is 0. The van der Waals surface area contributed by atoms with Crippen molar-refractivity contribution in [1.82, 2.24) is 5.32 Å². The van der Waals surface area contributed by atoms with Crippen molar-refractivity contribution in [3.05, 3.63) is 82.7 Å². The summed E-state index contributed by atoms with van der Waals surface area (Å²) in [6.45, 7) is 8.75. The molecule has 3 rings (SSSR count). The van der Waals surface area contributed by atoms with Gasteiger partial charge >= 0.3 is 12.0 Å². The van der Waals surface area contributed by atoms with Crippen LogP contribution >= 0.6 is 0 Å². The molecule has 2 aromatic carbocycles. The van der Waals surface area contributed by atoms with Crippen molar-refractivity contribution in [3.63, 3.8) is 0 Å². The highest BCUT2D eigenvalue weighted by Gasteiger charge is 2.40. The summed E-state index contributed by atoms with van der Waals surface area (Å²) < 4.78 is 32.6. The number of rotatable bonds is 4. The molecule has 1 aliphatic heterocycles. The normalized spacial score (nSPS) is 17.6. The summed E-state index contributed by atoms with van der Waals surface area (Å²) in [6.07, 6.45) is 1.63. The molecular weight excluding hydrogens is 454 g/mol. The van der Waals surface area contributed by atoms with E-state index in [1.165, 1.54) is 0 Å². The van der Waals surface area contributed by atoms with Gasteiger partial charge in [-0.25, -0.2) is 18.4 Å². The molecule has 1 heterocycles. The number of esters is 1. The largest absolute Gasteiger partial charge is 0.457 e. The monoisotopic (exact) mass is 480 g/mol. The third kappa shape index (κ3) is 5.84. The van der Waals surface area contributed by atoms with Crippen molar-refractivity contribution in [1.29, 1.82) is 5.26 Å². The minimum Gasteiger partial charge on any atom is -0.457 e. The van der Waals surface area contributed by atoms with Crippen molar-refractivity contribution >= 4 is 23.4 Å². The fraction of sp³-hybridized carbons (Fsp3) is 0.269. The Bertz CT molecular complexity index is 1290. The molecule has 35 heavy (non-hydrogen) atoms. The van der Waals surface area contributed by atoms with Gasteiger partial charge in [-0.2, -0.15) is 5.26 Å². The van der Waals surface area contributed by atoms with Crippen LogP contribution in [0, 0.1) is 23.0 Å². The number of hydrogen-bond donors (Lipinski definition) is 3. The molecule has 0 fully saturated rings. The van der Waals surface area contributed by atoms with Crippen LogP contribution in [0.5, 0.6) is 0 Å². The van der Waals surface area contributed by atoms with Gasteiger partial charge in [0.1, 0.15) is 29.0 Å². The number of dihydropyridines is 1. The maximum Gasteiger partial charge on any atom is 0.337 e. The predicted octanol–water partition coefficient (Wildman–Crippen LogP) is 5.49. The minimum absolute atomic E-state index is 0.183. The first kappa shape index (κ1) is 25.4. The summed E-state index contributed by atoms with van der Waals surface area (Å²) in [5.74, 6) is -2.21. The molecule has 2 aromatic rings. The van der Waals surface area contributed by atoms with Gasteiger partial charge in [-0.3, -0.25) is 0 Å². The average Bonchev–Trinajstić information content (AvgIpc) is 2.74. The van der Waals surface area contributed by atoms with Gasteiger partial charge in [-0.1, -0.05) is 12.1 Å². The third-order valence-corrected chi connectivity index (χ3v) is 5.27. The Balaban J connectivity index is 1.94. The number of nitrogens with zero attached hydrogens (tertiary/aromatic N) is 1. The van der Waals surface area contributed by atoms with Gasteiger partial charge in [0.2, 0.25) is 0 Å². The number of nitriles is 1. The summed E-state index contributed by atoms with van der Waals surface area (Å²) in [6, 6.07) is 10.9. The molecule has 0 saturated carbocycles. The summed E-state index contributed by atoms with van der Waals surface area (Å²) >= 11 is 0. The molecule has 0 spiro atoms. The van der Waals surface area contributed by atoms with Crippen LogP contribution in [0.1, 0.15) is 40.2 Å². The second-order valence-electron chi connectivity index (χ2n) is 9.28. The van der Waals surface area contributed by atoms with Gasteiger partial charge in [-0.15, -0.1) is 0 Å². The highest BCUT2D eigenvalue weighted by atomic mass is 19.1. The molecule has 1 aliphatic rings. The maximum absolute atomic E-state index is 13.9. The summed E-state index contributed by atoms with van der Waals surface area (Å²) in [4.78, 5) is 25.6. The smallest absolute Gasteiger partial charge is 0.337 e. The van der Waals surface area contributed by atoms with Crippen LogP contribution in [0.2, 0.25) is 0 Å². The zero-order valence-corrected chi connectivity index (χ0v) is 20.0. The molecule has 2 amide bonds. The van der Waals surface area contributed by atoms with Gasteiger partial charge in [0.25, 0.3) is 0 Å². The molecule has 0 aromatic heterocycles. The fourth-order valence-electron chi connectivity index (χ4n) is 3.83. The zero-order valence-electron chi connectivity index (χ0n) is 20.0. The van der Waals surface area contributed by atoms with E-state index >= 15 is 0 Å². The van der Waals surface area contributed by atoms with Gasteiger partial charge in [0, 0.05) is 22.9 Å². The number of halogens is 2. The van der Waals surface area contributed by atoms with Crippen LogP contribution < -0.4 is 16.0 Å². The van der Waals surface area contributed by atoms with E-state index in [-0.39, 0.29) is 11.4 Å². The van der Waals surface area contributed by atoms with Crippen molar-refractivity contribution in [2.45, 2.75) is 45.6 Å². The number of nitrogens with one attached hydrogen (secondary N) is 3. The van der Waals surface area contributed by atoms with E-state index < -0.39 is 34.7 Å². The van der Waals surface area contributed by atoms with Crippen molar-refractivity contribution < 1.29 is 23.1 Å². The van der Waals surface area contributed by atoms with E-state index in [1.54, 1.807) is 65.0 Å². The Morgan fingerprint density at radius 2 is 1.83 bits per heavy atom. The van der Waals surface area contributed by atoms with Gasteiger partial charge in [0.05, 0.1) is 11.3 Å². The van der Waals surface area contributed by atoms with E-state index in [0.29, 0.717) is 28.6 Å². The first-order valence-corrected chi connectivity index (χ1v) is 10.8. The Kier molecular flexibility index (Phi) is 6.96. The van der Waals surface area contributed by atoms with Crippen LogP contribution in [0.4, 0.5) is 25.0 Å². The molecule has 0 radical (unpaired) electrons. The molecule has 0 saturated heterocycles. The lowest BCUT2D eigenvalue weighted by Gasteiger charge is -2.35. The lowest BCUT2D eigenvalue weighted by molar-refractivity contribution is -0.150. The van der Waals surface area contributed by atoms with Crippen LogP contribution in [0.15, 0.2) is 65.5 Å². The van der Waals surface area contributed by atoms with Gasteiger partial charge < -0.3 is 20.7 Å². The fourth-order valence-corrected chi connectivity index (χ4v) is 3.83. The van der Waals surface area contributed by atoms with Crippen molar-refractivity contribution in [2.24, 2.45) is 0 Å². The zero-order chi connectivity index (χ0) is 26.0. The second kappa shape index (κ2) is 9.58. The van der Waals surface area contributed by atoms with Crippen LogP contribution in [-0.4, -0.2) is 17.6 Å². The van der Waals surface area contributed by atoms with Crippen molar-refractivity contribution in [2.75, 3.05) is 10.6 Å². The molecule has 1 unspecified atom stereocenters. The molecule has 182 valence electrons. The standard InChI is InChI=1S/C26H26F2N4O3/c1-15-22(23(33)35-25(2,3)4)26(5,13-19(14-29)30-15)16-7-6-8-18(11-16)31-24(34)32-21-10-9-17(27)12-20(21)28/h6-13,30H,1-5H3,(H2,31,32,34). The highest BCUT2D eigenvalue weighted by molar-refractivity contribution is 6.00. The summed E-state index contributed by atoms with van der Waals surface area (Å²) in [5, 5.41) is 17.4. The number of urea groups is 1. The van der Waals surface area contributed by atoms with Crippen LogP contribution in [0.3, 0.4) is 0 Å². The molecule has 1 atom stereocenters. The SMILES string of the molecule is CC1=C(C(=O)OC(C)(C)C)C(C)(c2cccc(NC(=O)Nc3ccc(F)cc3F)c2)C=C(C#N)N1. The Hall–Kier alpha value is -4.19. The number of ether oxygens (including phenoxy) is 1. The lowest BCUT2D eigenvalue weighted by Crippen LogP contribution is -2.39. The quantitative estimate of drug-likeness (QED) is 0.502. The number of anilines is 2. The van der Waals surface area contributed by atoms with Crippen LogP contribution in [0.25, 0.3) is 0 Å². The molecule has 3 N–H and O–H groups in total. The number of carbonyl (C=O) groups is 2. The van der Waals surface area contributed by atoms with E-state index in [1.807, 2.05) is 0 Å². The van der Waals surface area contributed by atoms with E-state index in [9.17, 15) is 23.6 Å². The van der Waals surface area contributed by atoms with Crippen molar-refractivity contribution in [3.8, 4) is 6.07 Å². The Labute approximate surface area is 202 Å². The van der Waals surface area contributed by atoms with E-state index in [2.05, 4.69) is 22.0 Å². The topological polar surface area (TPSA) is 103 Å². The number of amides is 2. The third-order valence-electron chi connectivity index (χ3n) is 5.27. The number of allylic oxidation sites excluding steroid dienone is 3. The molecule has 9 heteroatoms. The molecular formula is C26H26F2N4O3. The first-order valence-electron chi connectivity index (χ1n) is 10.8. The highest BCUT2D eigenvalue weighted by Crippen LogP contribution is 2.40. The predicted molar refractivity (Wildman–Crippen MR) is 128 cm³/mol. The first-order chi connectivity index (χ1) is 16.3. The second-order valence-corrected chi connectivity index (χ2v) is 9.28. The van der Waals surface area contributed by atoms with Gasteiger partial charge in [-0.05, 0) is 70.5 Å². The van der Waals surface area contributed by atoms with Crippen LogP contribution in [-0.2, 0) is 14.9 Å². The maximum atomic E-state index is 13.9.